The Kier molecular flexibility index (Phi) is 4.92. The average molecular weight is 260 g/mol. The first-order valence-electron chi connectivity index (χ1n) is 6.38. The molecule has 1 saturated heterocycles. The molecule has 0 amide bonds. The highest BCUT2D eigenvalue weighted by atomic mass is 32.2. The standard InChI is InChI=1S/C13H28N2OS/c1-11(10-17-13(4,5)16-7)15-9-8-14(6)12(15,2)3/h11H,8-10H2,1-7H3/t11-/m1/s1. The third-order valence-corrected chi connectivity index (χ3v) is 5.52. The molecule has 0 aromatic heterocycles. The van der Waals surface area contributed by atoms with Crippen LogP contribution in [0.5, 0.6) is 0 Å². The molecule has 1 aliphatic rings. The summed E-state index contributed by atoms with van der Waals surface area (Å²) in [6, 6.07) is 0.578. The second kappa shape index (κ2) is 5.47. The molecule has 0 unspecified atom stereocenters. The van der Waals surface area contributed by atoms with Crippen molar-refractivity contribution in [1.82, 2.24) is 9.80 Å². The Morgan fingerprint density at radius 1 is 1.35 bits per heavy atom. The Hall–Kier alpha value is 0.230. The van der Waals surface area contributed by atoms with E-state index in [2.05, 4.69) is 51.5 Å². The number of hydrogen-bond acceptors (Lipinski definition) is 4. The average Bonchev–Trinajstić information content (AvgIpc) is 2.51. The third kappa shape index (κ3) is 3.60. The van der Waals surface area contributed by atoms with Gasteiger partial charge >= 0.3 is 0 Å². The van der Waals surface area contributed by atoms with E-state index in [4.69, 9.17) is 4.74 Å². The minimum absolute atomic E-state index is 0.0793. The van der Waals surface area contributed by atoms with Crippen molar-refractivity contribution in [3.05, 3.63) is 0 Å². The Bertz CT molecular complexity index is 256. The molecule has 0 radical (unpaired) electrons. The van der Waals surface area contributed by atoms with Crippen LogP contribution < -0.4 is 0 Å². The van der Waals surface area contributed by atoms with Crippen molar-refractivity contribution in [3.8, 4) is 0 Å². The molecule has 1 atom stereocenters. The van der Waals surface area contributed by atoms with Crippen LogP contribution in [-0.4, -0.2) is 59.4 Å². The molecule has 0 bridgehead atoms. The van der Waals surface area contributed by atoms with Crippen molar-refractivity contribution in [2.24, 2.45) is 0 Å². The molecular weight excluding hydrogens is 232 g/mol. The SMILES string of the molecule is COC(C)(C)SC[C@@H](C)N1CCN(C)C1(C)C. The smallest absolute Gasteiger partial charge is 0.107 e. The third-order valence-electron chi connectivity index (χ3n) is 4.01. The number of methoxy groups -OCH3 is 1. The largest absolute Gasteiger partial charge is 0.368 e. The fraction of sp³-hybridized carbons (Fsp3) is 1.00. The molecule has 17 heavy (non-hydrogen) atoms. The van der Waals surface area contributed by atoms with Crippen molar-refractivity contribution < 1.29 is 4.74 Å². The number of ether oxygens (including phenoxy) is 1. The maximum Gasteiger partial charge on any atom is 0.107 e. The van der Waals surface area contributed by atoms with Gasteiger partial charge in [0.15, 0.2) is 0 Å². The first-order chi connectivity index (χ1) is 7.70. The first-order valence-corrected chi connectivity index (χ1v) is 7.36. The van der Waals surface area contributed by atoms with Gasteiger partial charge in [0, 0.05) is 32.0 Å². The zero-order valence-corrected chi connectivity index (χ0v) is 13.2. The highest BCUT2D eigenvalue weighted by Gasteiger charge is 2.39. The highest BCUT2D eigenvalue weighted by Crippen LogP contribution is 2.31. The zero-order chi connectivity index (χ0) is 13.3. The van der Waals surface area contributed by atoms with E-state index in [0.717, 1.165) is 12.3 Å². The van der Waals surface area contributed by atoms with Gasteiger partial charge in [-0.3, -0.25) is 9.80 Å². The van der Waals surface area contributed by atoms with Crippen LogP contribution >= 0.6 is 11.8 Å². The van der Waals surface area contributed by atoms with Crippen LogP contribution in [0.4, 0.5) is 0 Å². The van der Waals surface area contributed by atoms with Gasteiger partial charge in [-0.25, -0.2) is 0 Å². The van der Waals surface area contributed by atoms with Crippen LogP contribution in [0, 0.1) is 0 Å². The van der Waals surface area contributed by atoms with Crippen molar-refractivity contribution in [2.45, 2.75) is 51.3 Å². The molecule has 0 aliphatic carbocycles. The lowest BCUT2D eigenvalue weighted by molar-refractivity contribution is 0.0449. The van der Waals surface area contributed by atoms with Gasteiger partial charge in [-0.2, -0.15) is 0 Å². The van der Waals surface area contributed by atoms with Gasteiger partial charge in [0.2, 0.25) is 0 Å². The second-order valence-corrected chi connectivity index (χ2v) is 7.48. The molecule has 1 heterocycles. The molecule has 0 aromatic rings. The van der Waals surface area contributed by atoms with Crippen LogP contribution in [0.25, 0.3) is 0 Å². The summed E-state index contributed by atoms with van der Waals surface area (Å²) in [6.07, 6.45) is 0. The highest BCUT2D eigenvalue weighted by molar-refractivity contribution is 8.00. The van der Waals surface area contributed by atoms with Gasteiger partial charge in [-0.1, -0.05) is 0 Å². The Labute approximate surface area is 111 Å². The van der Waals surface area contributed by atoms with Gasteiger partial charge in [-0.15, -0.1) is 11.8 Å². The summed E-state index contributed by atoms with van der Waals surface area (Å²) in [4.78, 5) is 4.94. The summed E-state index contributed by atoms with van der Waals surface area (Å²) in [6.45, 7) is 13.5. The van der Waals surface area contributed by atoms with Crippen LogP contribution in [0.1, 0.15) is 34.6 Å². The fourth-order valence-corrected chi connectivity index (χ4v) is 3.19. The van der Waals surface area contributed by atoms with Gasteiger partial charge in [-0.05, 0) is 41.7 Å². The summed E-state index contributed by atoms with van der Waals surface area (Å²) in [5, 5.41) is 0. The summed E-state index contributed by atoms with van der Waals surface area (Å²) >= 11 is 1.89. The van der Waals surface area contributed by atoms with E-state index in [1.165, 1.54) is 6.54 Å². The van der Waals surface area contributed by atoms with Crippen LogP contribution in [0.3, 0.4) is 0 Å². The topological polar surface area (TPSA) is 15.7 Å². The Balaban J connectivity index is 2.51. The second-order valence-electron chi connectivity index (χ2n) is 5.87. The maximum absolute atomic E-state index is 5.46. The van der Waals surface area contributed by atoms with E-state index in [-0.39, 0.29) is 10.6 Å². The number of nitrogens with zero attached hydrogens (tertiary/aromatic N) is 2. The lowest BCUT2D eigenvalue weighted by Crippen LogP contribution is -2.51. The summed E-state index contributed by atoms with van der Waals surface area (Å²) in [5.74, 6) is 1.11. The van der Waals surface area contributed by atoms with Crippen LogP contribution in [0.2, 0.25) is 0 Å². The van der Waals surface area contributed by atoms with Crippen molar-refractivity contribution in [3.63, 3.8) is 0 Å². The first kappa shape index (κ1) is 15.3. The molecule has 0 saturated carbocycles. The normalized spacial score (nSPS) is 24.2. The molecule has 0 aromatic carbocycles. The molecule has 0 N–H and O–H groups in total. The van der Waals surface area contributed by atoms with Crippen molar-refractivity contribution in [1.29, 1.82) is 0 Å². The lowest BCUT2D eigenvalue weighted by atomic mass is 10.1. The molecule has 102 valence electrons. The molecule has 1 rings (SSSR count). The predicted molar refractivity (Wildman–Crippen MR) is 76.4 cm³/mol. The zero-order valence-electron chi connectivity index (χ0n) is 12.4. The van der Waals surface area contributed by atoms with E-state index < -0.39 is 0 Å². The number of likely N-dealkylation sites (N-methyl/N-ethyl adjacent to an activating group) is 1. The van der Waals surface area contributed by atoms with Gasteiger partial charge in [0.25, 0.3) is 0 Å². The van der Waals surface area contributed by atoms with Crippen LogP contribution in [-0.2, 0) is 4.74 Å². The monoisotopic (exact) mass is 260 g/mol. The van der Waals surface area contributed by atoms with Gasteiger partial charge in [0.1, 0.15) is 4.93 Å². The maximum atomic E-state index is 5.46. The van der Waals surface area contributed by atoms with Gasteiger partial charge < -0.3 is 4.74 Å². The van der Waals surface area contributed by atoms with E-state index in [0.29, 0.717) is 6.04 Å². The van der Waals surface area contributed by atoms with Crippen molar-refractivity contribution >= 4 is 11.8 Å². The predicted octanol–water partition coefficient (Wildman–Crippen LogP) is 2.47. The molecule has 1 aliphatic heterocycles. The molecule has 3 nitrogen and oxygen atoms in total. The molecular formula is C13H28N2OS. The summed E-state index contributed by atoms with van der Waals surface area (Å²) < 4.78 is 5.46. The minimum atomic E-state index is -0.0793. The summed E-state index contributed by atoms with van der Waals surface area (Å²) in [7, 11) is 3.99. The van der Waals surface area contributed by atoms with E-state index in [1.807, 2.05) is 11.8 Å². The minimum Gasteiger partial charge on any atom is -0.368 e. The van der Waals surface area contributed by atoms with E-state index >= 15 is 0 Å². The van der Waals surface area contributed by atoms with E-state index in [9.17, 15) is 0 Å². The number of thioether (sulfide) groups is 1. The Morgan fingerprint density at radius 3 is 2.35 bits per heavy atom. The molecule has 1 fully saturated rings. The van der Waals surface area contributed by atoms with Crippen LogP contribution in [0.15, 0.2) is 0 Å². The molecule has 4 heteroatoms. The van der Waals surface area contributed by atoms with Gasteiger partial charge in [0.05, 0.1) is 5.66 Å². The Morgan fingerprint density at radius 2 is 1.94 bits per heavy atom. The lowest BCUT2D eigenvalue weighted by Gasteiger charge is -2.40. The fourth-order valence-electron chi connectivity index (χ4n) is 2.25. The number of hydrogen-bond donors (Lipinski definition) is 0. The quantitative estimate of drug-likeness (QED) is 0.705. The van der Waals surface area contributed by atoms with E-state index in [1.54, 1.807) is 7.11 Å². The number of rotatable bonds is 5. The van der Waals surface area contributed by atoms with Crippen molar-refractivity contribution in [2.75, 3.05) is 33.0 Å². The summed E-state index contributed by atoms with van der Waals surface area (Å²) in [5.41, 5.74) is 0.178. The molecule has 0 spiro atoms.